The molecule has 0 aliphatic rings. The zero-order valence-corrected chi connectivity index (χ0v) is 12.5. The molecule has 1 heterocycles. The number of phenols is 2. The van der Waals surface area contributed by atoms with Crippen LogP contribution in [0.5, 0.6) is 11.5 Å². The van der Waals surface area contributed by atoms with Crippen molar-refractivity contribution in [1.82, 2.24) is 10.3 Å². The van der Waals surface area contributed by atoms with Crippen molar-refractivity contribution in [3.05, 3.63) is 45.9 Å². The van der Waals surface area contributed by atoms with Crippen LogP contribution in [0.2, 0.25) is 0 Å². The molecule has 1 atom stereocenters. The van der Waals surface area contributed by atoms with Crippen LogP contribution in [-0.4, -0.2) is 21.1 Å². The van der Waals surface area contributed by atoms with Crippen molar-refractivity contribution in [2.75, 3.05) is 0 Å². The van der Waals surface area contributed by atoms with Gasteiger partial charge >= 0.3 is 0 Å². The Morgan fingerprint density at radius 3 is 2.82 bits per heavy atom. The molecule has 0 aliphatic carbocycles. The number of nitrogens with one attached hydrogen (secondary N) is 1. The maximum Gasteiger partial charge on any atom is 0.262 e. The maximum atomic E-state index is 12.1. The van der Waals surface area contributed by atoms with Gasteiger partial charge < -0.3 is 15.5 Å². The van der Waals surface area contributed by atoms with Gasteiger partial charge in [0, 0.05) is 11.6 Å². The fraction of sp³-hybridized carbons (Fsp3) is 0.133. The highest BCUT2D eigenvalue weighted by Gasteiger charge is 2.15. The standard InChI is InChI=1S/C15H13N3O3S/c1-9(15-17-4-5-22-15)18-14(21)11(8-16)6-10-2-3-12(19)13(20)7-10/h2-7,9,19-20H,1H3,(H,18,21)/b11-6+. The number of hydrogen-bond donors (Lipinski definition) is 3. The number of benzene rings is 1. The molecule has 0 radical (unpaired) electrons. The number of aromatic hydroxyl groups is 2. The minimum absolute atomic E-state index is 0.103. The highest BCUT2D eigenvalue weighted by atomic mass is 32.1. The van der Waals surface area contributed by atoms with Crippen molar-refractivity contribution in [2.45, 2.75) is 13.0 Å². The molecule has 0 saturated heterocycles. The van der Waals surface area contributed by atoms with E-state index in [2.05, 4.69) is 10.3 Å². The first kappa shape index (κ1) is 15.5. The molecule has 0 spiro atoms. The van der Waals surface area contributed by atoms with Crippen LogP contribution in [0.25, 0.3) is 6.08 Å². The molecule has 3 N–H and O–H groups in total. The summed E-state index contributed by atoms with van der Waals surface area (Å²) >= 11 is 1.41. The van der Waals surface area contributed by atoms with Crippen LogP contribution < -0.4 is 5.32 Å². The van der Waals surface area contributed by atoms with E-state index in [-0.39, 0.29) is 23.1 Å². The third-order valence-corrected chi connectivity index (χ3v) is 3.80. The molecule has 6 nitrogen and oxygen atoms in total. The van der Waals surface area contributed by atoms with Crippen LogP contribution in [0.3, 0.4) is 0 Å². The van der Waals surface area contributed by atoms with E-state index >= 15 is 0 Å². The van der Waals surface area contributed by atoms with Gasteiger partial charge in [0.15, 0.2) is 11.5 Å². The summed E-state index contributed by atoms with van der Waals surface area (Å²) in [6, 6.07) is 5.56. The predicted molar refractivity (Wildman–Crippen MR) is 82.0 cm³/mol. The number of phenolic OH excluding ortho intramolecular Hbond substituents is 2. The highest BCUT2D eigenvalue weighted by Crippen LogP contribution is 2.26. The first-order valence-corrected chi connectivity index (χ1v) is 7.23. The van der Waals surface area contributed by atoms with Crippen LogP contribution in [0.1, 0.15) is 23.5 Å². The second-order valence-corrected chi connectivity index (χ2v) is 5.41. The van der Waals surface area contributed by atoms with E-state index in [0.717, 1.165) is 5.01 Å². The summed E-state index contributed by atoms with van der Waals surface area (Å²) in [7, 11) is 0. The molecule has 1 amide bonds. The molecule has 1 aromatic carbocycles. The summed E-state index contributed by atoms with van der Waals surface area (Å²) in [6.07, 6.45) is 2.98. The normalized spacial score (nSPS) is 12.5. The fourth-order valence-corrected chi connectivity index (χ4v) is 2.38. The Morgan fingerprint density at radius 2 is 2.23 bits per heavy atom. The summed E-state index contributed by atoms with van der Waals surface area (Å²) in [5.74, 6) is -1.11. The van der Waals surface area contributed by atoms with Crippen molar-refractivity contribution in [3.8, 4) is 17.6 Å². The number of nitriles is 1. The predicted octanol–water partition coefficient (Wildman–Crippen LogP) is 2.34. The van der Waals surface area contributed by atoms with Crippen LogP contribution in [0.15, 0.2) is 35.3 Å². The zero-order chi connectivity index (χ0) is 16.1. The molecule has 22 heavy (non-hydrogen) atoms. The topological polar surface area (TPSA) is 106 Å². The maximum absolute atomic E-state index is 12.1. The van der Waals surface area contributed by atoms with E-state index in [9.17, 15) is 15.0 Å². The lowest BCUT2D eigenvalue weighted by Gasteiger charge is -2.10. The number of carbonyl (C=O) groups excluding carboxylic acids is 1. The van der Waals surface area contributed by atoms with E-state index in [1.54, 1.807) is 18.5 Å². The molecule has 0 bridgehead atoms. The summed E-state index contributed by atoms with van der Waals surface area (Å²) in [4.78, 5) is 16.2. The van der Waals surface area contributed by atoms with Gasteiger partial charge in [-0.2, -0.15) is 5.26 Å². The summed E-state index contributed by atoms with van der Waals surface area (Å²) < 4.78 is 0. The van der Waals surface area contributed by atoms with Crippen molar-refractivity contribution in [3.63, 3.8) is 0 Å². The number of nitrogens with zero attached hydrogens (tertiary/aromatic N) is 2. The number of amides is 1. The molecule has 1 unspecified atom stereocenters. The lowest BCUT2D eigenvalue weighted by atomic mass is 10.1. The molecule has 0 fully saturated rings. The number of rotatable bonds is 4. The summed E-state index contributed by atoms with van der Waals surface area (Å²) in [6.45, 7) is 1.78. The van der Waals surface area contributed by atoms with E-state index in [4.69, 9.17) is 5.26 Å². The van der Waals surface area contributed by atoms with Gasteiger partial charge in [-0.25, -0.2) is 4.98 Å². The molecule has 1 aromatic heterocycles. The minimum atomic E-state index is -0.530. The molecule has 0 saturated carbocycles. The Hall–Kier alpha value is -2.85. The van der Waals surface area contributed by atoms with E-state index in [0.29, 0.717) is 5.56 Å². The summed E-state index contributed by atoms with van der Waals surface area (Å²) in [5.41, 5.74) is 0.331. The molecule has 7 heteroatoms. The van der Waals surface area contributed by atoms with Gasteiger partial charge in [0.1, 0.15) is 16.6 Å². The van der Waals surface area contributed by atoms with Crippen LogP contribution in [0, 0.1) is 11.3 Å². The highest BCUT2D eigenvalue weighted by molar-refractivity contribution is 7.09. The van der Waals surface area contributed by atoms with Gasteiger partial charge in [-0.05, 0) is 30.7 Å². The zero-order valence-electron chi connectivity index (χ0n) is 11.6. The average molecular weight is 315 g/mol. The largest absolute Gasteiger partial charge is 0.504 e. The van der Waals surface area contributed by atoms with Crippen molar-refractivity contribution in [1.29, 1.82) is 5.26 Å². The minimum Gasteiger partial charge on any atom is -0.504 e. The van der Waals surface area contributed by atoms with Crippen LogP contribution >= 0.6 is 11.3 Å². The van der Waals surface area contributed by atoms with Crippen molar-refractivity contribution < 1.29 is 15.0 Å². The van der Waals surface area contributed by atoms with Gasteiger partial charge in [-0.3, -0.25) is 4.79 Å². The Morgan fingerprint density at radius 1 is 1.45 bits per heavy atom. The number of carbonyl (C=O) groups is 1. The summed E-state index contributed by atoms with van der Waals surface area (Å²) in [5, 5.41) is 33.0. The second-order valence-electron chi connectivity index (χ2n) is 4.48. The van der Waals surface area contributed by atoms with E-state index < -0.39 is 5.91 Å². The second kappa shape index (κ2) is 6.74. The van der Waals surface area contributed by atoms with Gasteiger partial charge in [0.2, 0.25) is 0 Å². The smallest absolute Gasteiger partial charge is 0.262 e. The van der Waals surface area contributed by atoms with Gasteiger partial charge in [0.25, 0.3) is 5.91 Å². The lowest BCUT2D eigenvalue weighted by molar-refractivity contribution is -0.117. The molecule has 2 rings (SSSR count). The fourth-order valence-electron chi connectivity index (χ4n) is 1.73. The molecule has 0 aliphatic heterocycles. The molecule has 112 valence electrons. The molecular formula is C15H13N3O3S. The molecular weight excluding hydrogens is 302 g/mol. The monoisotopic (exact) mass is 315 g/mol. The first-order valence-electron chi connectivity index (χ1n) is 6.35. The van der Waals surface area contributed by atoms with Gasteiger partial charge in [-0.15, -0.1) is 11.3 Å². The Balaban J connectivity index is 2.16. The average Bonchev–Trinajstić information content (AvgIpc) is 3.02. The quantitative estimate of drug-likeness (QED) is 0.456. The van der Waals surface area contributed by atoms with Gasteiger partial charge in [-0.1, -0.05) is 6.07 Å². The van der Waals surface area contributed by atoms with E-state index in [1.165, 1.54) is 35.6 Å². The Kier molecular flexibility index (Phi) is 4.76. The number of thiazole rings is 1. The Bertz CT molecular complexity index is 748. The van der Waals surface area contributed by atoms with E-state index in [1.807, 2.05) is 6.07 Å². The number of aromatic nitrogens is 1. The Labute approximate surface area is 131 Å². The third kappa shape index (κ3) is 3.62. The third-order valence-electron chi connectivity index (χ3n) is 2.84. The molecule has 2 aromatic rings. The number of hydrogen-bond acceptors (Lipinski definition) is 6. The SMILES string of the molecule is CC(NC(=O)/C(C#N)=C/c1ccc(O)c(O)c1)c1nccs1. The first-order chi connectivity index (χ1) is 10.5. The van der Waals surface area contributed by atoms with Gasteiger partial charge in [0.05, 0.1) is 6.04 Å². The lowest BCUT2D eigenvalue weighted by Crippen LogP contribution is -2.27. The van der Waals surface area contributed by atoms with Crippen molar-refractivity contribution >= 4 is 23.3 Å². The van der Waals surface area contributed by atoms with Crippen LogP contribution in [-0.2, 0) is 4.79 Å². The van der Waals surface area contributed by atoms with Crippen molar-refractivity contribution in [2.24, 2.45) is 0 Å². The van der Waals surface area contributed by atoms with Crippen LogP contribution in [0.4, 0.5) is 0 Å².